The lowest BCUT2D eigenvalue weighted by atomic mass is 10.1. The number of ether oxygens (including phenoxy) is 2. The normalized spacial score (nSPS) is 26.7. The minimum Gasteiger partial charge on any atom is -0.374 e. The van der Waals surface area contributed by atoms with Gasteiger partial charge < -0.3 is 20.3 Å². The van der Waals surface area contributed by atoms with E-state index in [0.717, 1.165) is 18.4 Å². The summed E-state index contributed by atoms with van der Waals surface area (Å²) in [6, 6.07) is 9.47. The van der Waals surface area contributed by atoms with Gasteiger partial charge in [0.1, 0.15) is 0 Å². The number of benzene rings is 1. The fourth-order valence-electron chi connectivity index (χ4n) is 1.87. The van der Waals surface area contributed by atoms with Crippen LogP contribution in [0.5, 0.6) is 0 Å². The lowest BCUT2D eigenvalue weighted by molar-refractivity contribution is -0.142. The van der Waals surface area contributed by atoms with Gasteiger partial charge in [-0.1, -0.05) is 30.3 Å². The molecule has 17 heavy (non-hydrogen) atoms. The molecule has 3 N–H and O–H groups in total. The van der Waals surface area contributed by atoms with Gasteiger partial charge in [-0.15, -0.1) is 0 Å². The summed E-state index contributed by atoms with van der Waals surface area (Å²) in [6.45, 7) is 0.984. The summed E-state index contributed by atoms with van der Waals surface area (Å²) in [5, 5.41) is 9.80. The molecule has 0 saturated carbocycles. The first-order valence-corrected chi connectivity index (χ1v) is 5.97. The summed E-state index contributed by atoms with van der Waals surface area (Å²) in [5.74, 6) is 0. The van der Waals surface area contributed by atoms with Gasteiger partial charge >= 0.3 is 0 Å². The van der Waals surface area contributed by atoms with E-state index < -0.39 is 6.29 Å². The van der Waals surface area contributed by atoms with Crippen LogP contribution in [0.1, 0.15) is 24.7 Å². The van der Waals surface area contributed by atoms with Crippen LogP contribution in [0.15, 0.2) is 30.3 Å². The zero-order chi connectivity index (χ0) is 12.1. The van der Waals surface area contributed by atoms with Crippen LogP contribution < -0.4 is 5.73 Å². The Hall–Kier alpha value is -0.940. The Morgan fingerprint density at radius 2 is 2.12 bits per heavy atom. The SMILES string of the molecule is NC1CCC(COC(O)c2ccccc2)OC1. The van der Waals surface area contributed by atoms with E-state index in [1.807, 2.05) is 30.3 Å². The quantitative estimate of drug-likeness (QED) is 0.772. The first-order valence-electron chi connectivity index (χ1n) is 5.97. The third-order valence-electron chi connectivity index (χ3n) is 2.93. The molecule has 1 aromatic carbocycles. The van der Waals surface area contributed by atoms with Gasteiger partial charge in [-0.05, 0) is 12.8 Å². The van der Waals surface area contributed by atoms with Crippen LogP contribution in [0, 0.1) is 0 Å². The van der Waals surface area contributed by atoms with Gasteiger partial charge in [0.05, 0.1) is 19.3 Å². The van der Waals surface area contributed by atoms with E-state index in [1.54, 1.807) is 0 Å². The molecule has 4 heteroatoms. The second-order valence-corrected chi connectivity index (χ2v) is 4.39. The number of nitrogens with two attached hydrogens (primary N) is 1. The third-order valence-corrected chi connectivity index (χ3v) is 2.93. The van der Waals surface area contributed by atoms with Crippen molar-refractivity contribution in [1.82, 2.24) is 0 Å². The van der Waals surface area contributed by atoms with Crippen LogP contribution in [0.4, 0.5) is 0 Å². The Balaban J connectivity index is 1.75. The fourth-order valence-corrected chi connectivity index (χ4v) is 1.87. The molecule has 1 fully saturated rings. The minimum atomic E-state index is -0.879. The molecule has 1 aliphatic rings. The van der Waals surface area contributed by atoms with Gasteiger partial charge in [-0.2, -0.15) is 0 Å². The Kier molecular flexibility index (Phi) is 4.50. The average Bonchev–Trinajstić information content (AvgIpc) is 2.39. The van der Waals surface area contributed by atoms with Crippen LogP contribution in [0.25, 0.3) is 0 Å². The molecule has 0 aromatic heterocycles. The first kappa shape index (κ1) is 12.5. The first-order chi connectivity index (χ1) is 8.25. The van der Waals surface area contributed by atoms with Crippen LogP contribution in [0.2, 0.25) is 0 Å². The van der Waals surface area contributed by atoms with Crippen LogP contribution in [-0.2, 0) is 9.47 Å². The molecule has 0 spiro atoms. The standard InChI is InChI=1S/C13H19NO3/c14-11-6-7-12(16-8-11)9-17-13(15)10-4-2-1-3-5-10/h1-5,11-13,15H,6-9,14H2. The maximum Gasteiger partial charge on any atom is 0.181 e. The highest BCUT2D eigenvalue weighted by Crippen LogP contribution is 2.17. The zero-order valence-corrected chi connectivity index (χ0v) is 9.79. The van der Waals surface area contributed by atoms with E-state index in [9.17, 15) is 5.11 Å². The molecular formula is C13H19NO3. The number of aliphatic hydroxyl groups is 1. The van der Waals surface area contributed by atoms with E-state index >= 15 is 0 Å². The highest BCUT2D eigenvalue weighted by Gasteiger charge is 2.20. The predicted octanol–water partition coefficient (Wildman–Crippen LogP) is 1.20. The van der Waals surface area contributed by atoms with Gasteiger partial charge in [0, 0.05) is 11.6 Å². The Labute approximate surface area is 101 Å². The van der Waals surface area contributed by atoms with Crippen molar-refractivity contribution in [3.63, 3.8) is 0 Å². The summed E-state index contributed by atoms with van der Waals surface area (Å²) >= 11 is 0. The lowest BCUT2D eigenvalue weighted by Gasteiger charge is -2.27. The molecule has 0 bridgehead atoms. The van der Waals surface area contributed by atoms with Gasteiger partial charge in [0.25, 0.3) is 0 Å². The predicted molar refractivity (Wildman–Crippen MR) is 64.3 cm³/mol. The number of rotatable bonds is 4. The zero-order valence-electron chi connectivity index (χ0n) is 9.79. The second kappa shape index (κ2) is 6.12. The van der Waals surface area contributed by atoms with Gasteiger partial charge in [0.2, 0.25) is 0 Å². The van der Waals surface area contributed by atoms with Crippen LogP contribution in [0.3, 0.4) is 0 Å². The van der Waals surface area contributed by atoms with Crippen molar-refractivity contribution in [3.05, 3.63) is 35.9 Å². The molecule has 1 aromatic rings. The van der Waals surface area contributed by atoms with Gasteiger partial charge in [-0.25, -0.2) is 0 Å². The van der Waals surface area contributed by atoms with Crippen molar-refractivity contribution in [2.45, 2.75) is 31.3 Å². The molecule has 3 atom stereocenters. The van der Waals surface area contributed by atoms with Gasteiger partial charge in [-0.3, -0.25) is 0 Å². The van der Waals surface area contributed by atoms with E-state index in [0.29, 0.717) is 13.2 Å². The maximum absolute atomic E-state index is 9.80. The topological polar surface area (TPSA) is 64.7 Å². The van der Waals surface area contributed by atoms with Crippen molar-refractivity contribution >= 4 is 0 Å². The molecule has 1 saturated heterocycles. The Morgan fingerprint density at radius 1 is 1.35 bits per heavy atom. The van der Waals surface area contributed by atoms with Gasteiger partial charge in [0.15, 0.2) is 6.29 Å². The molecule has 2 rings (SSSR count). The Bertz CT molecular complexity index is 323. The largest absolute Gasteiger partial charge is 0.374 e. The van der Waals surface area contributed by atoms with Crippen molar-refractivity contribution < 1.29 is 14.6 Å². The van der Waals surface area contributed by atoms with Crippen molar-refractivity contribution in [1.29, 1.82) is 0 Å². The number of hydrogen-bond acceptors (Lipinski definition) is 4. The maximum atomic E-state index is 9.80. The monoisotopic (exact) mass is 237 g/mol. The fraction of sp³-hybridized carbons (Fsp3) is 0.538. The summed E-state index contributed by atoms with van der Waals surface area (Å²) in [7, 11) is 0. The van der Waals surface area contributed by atoms with Crippen LogP contribution >= 0.6 is 0 Å². The van der Waals surface area contributed by atoms with E-state index in [2.05, 4.69) is 0 Å². The molecule has 94 valence electrons. The van der Waals surface area contributed by atoms with E-state index in [-0.39, 0.29) is 12.1 Å². The average molecular weight is 237 g/mol. The molecule has 0 amide bonds. The van der Waals surface area contributed by atoms with Crippen LogP contribution in [-0.4, -0.2) is 30.5 Å². The molecule has 4 nitrogen and oxygen atoms in total. The highest BCUT2D eigenvalue weighted by molar-refractivity contribution is 5.15. The smallest absolute Gasteiger partial charge is 0.181 e. The minimum absolute atomic E-state index is 0.0492. The van der Waals surface area contributed by atoms with E-state index in [4.69, 9.17) is 15.2 Å². The molecule has 0 aliphatic carbocycles. The van der Waals surface area contributed by atoms with Crippen molar-refractivity contribution in [2.75, 3.05) is 13.2 Å². The molecule has 1 heterocycles. The van der Waals surface area contributed by atoms with Crippen molar-refractivity contribution in [3.8, 4) is 0 Å². The second-order valence-electron chi connectivity index (χ2n) is 4.39. The highest BCUT2D eigenvalue weighted by atomic mass is 16.6. The third kappa shape index (κ3) is 3.78. The summed E-state index contributed by atoms with van der Waals surface area (Å²) in [4.78, 5) is 0. The molecular weight excluding hydrogens is 218 g/mol. The molecule has 1 aliphatic heterocycles. The number of aliphatic hydroxyl groups excluding tert-OH is 1. The summed E-state index contributed by atoms with van der Waals surface area (Å²) < 4.78 is 10.9. The molecule has 3 unspecified atom stereocenters. The van der Waals surface area contributed by atoms with E-state index in [1.165, 1.54) is 0 Å². The number of hydrogen-bond donors (Lipinski definition) is 2. The summed E-state index contributed by atoms with van der Waals surface area (Å²) in [6.07, 6.45) is 1.02. The van der Waals surface area contributed by atoms with Crippen molar-refractivity contribution in [2.24, 2.45) is 5.73 Å². The molecule has 0 radical (unpaired) electrons. The summed E-state index contributed by atoms with van der Waals surface area (Å²) in [5.41, 5.74) is 6.49. The lowest BCUT2D eigenvalue weighted by Crippen LogP contribution is -2.37. The Morgan fingerprint density at radius 3 is 2.76 bits per heavy atom.